The van der Waals surface area contributed by atoms with Crippen molar-refractivity contribution >= 4 is 23.5 Å². The summed E-state index contributed by atoms with van der Waals surface area (Å²) in [5.74, 6) is 0.0964. The van der Waals surface area contributed by atoms with Gasteiger partial charge in [0.05, 0.1) is 0 Å². The van der Waals surface area contributed by atoms with Gasteiger partial charge in [-0.05, 0) is 61.3 Å². The van der Waals surface area contributed by atoms with Gasteiger partial charge in [-0.1, -0.05) is 30.3 Å². The highest BCUT2D eigenvalue weighted by atomic mass is 16.5. The number of carbonyl (C=O) groups is 2. The monoisotopic (exact) mass is 362 g/mol. The van der Waals surface area contributed by atoms with Crippen molar-refractivity contribution in [2.24, 2.45) is 0 Å². The highest BCUT2D eigenvalue weighted by Gasteiger charge is 2.26. The molecule has 0 unspecified atom stereocenters. The maximum absolute atomic E-state index is 12.3. The zero-order valence-corrected chi connectivity index (χ0v) is 15.1. The van der Waals surface area contributed by atoms with E-state index in [0.717, 1.165) is 17.9 Å². The van der Waals surface area contributed by atoms with Crippen molar-refractivity contribution in [2.45, 2.75) is 12.8 Å². The Hall–Kier alpha value is -2.92. The van der Waals surface area contributed by atoms with E-state index < -0.39 is 0 Å². The number of ether oxygens (including phenoxy) is 1. The van der Waals surface area contributed by atoms with Gasteiger partial charge in [-0.3, -0.25) is 19.8 Å². The quantitative estimate of drug-likeness (QED) is 0.656. The van der Waals surface area contributed by atoms with Crippen molar-refractivity contribution in [2.75, 3.05) is 26.2 Å². The molecular weight excluding hydrogens is 340 g/mol. The maximum Gasteiger partial charge on any atom is 0.258 e. The summed E-state index contributed by atoms with van der Waals surface area (Å²) >= 11 is 0. The number of nitrogens with zero attached hydrogens (tertiary/aromatic N) is 1. The predicted molar refractivity (Wildman–Crippen MR) is 104 cm³/mol. The molecule has 1 saturated heterocycles. The van der Waals surface area contributed by atoms with E-state index in [1.165, 1.54) is 25.9 Å². The molecule has 5 nitrogen and oxygen atoms in total. The van der Waals surface area contributed by atoms with E-state index >= 15 is 0 Å². The van der Waals surface area contributed by atoms with Gasteiger partial charge in [0.25, 0.3) is 11.8 Å². The molecule has 2 amide bonds. The number of carbonyl (C=O) groups excluding carboxylic acids is 2. The van der Waals surface area contributed by atoms with Gasteiger partial charge in [0.15, 0.2) is 0 Å². The zero-order valence-electron chi connectivity index (χ0n) is 15.1. The standard InChI is InChI=1S/C22H22N2O3/c25-21-19-6-2-1-5-18(19)20(22(26)23-21)15-16-7-9-17(10-8-16)27-14-13-24-11-3-4-12-24/h1-2,5-10,15H,3-4,11-14H2,(H,23,25,26). The van der Waals surface area contributed by atoms with Gasteiger partial charge in [0.1, 0.15) is 12.4 Å². The van der Waals surface area contributed by atoms with E-state index in [4.69, 9.17) is 4.74 Å². The Balaban J connectivity index is 1.46. The van der Waals surface area contributed by atoms with Crippen LogP contribution in [0.15, 0.2) is 48.5 Å². The lowest BCUT2D eigenvalue weighted by Crippen LogP contribution is -2.36. The van der Waals surface area contributed by atoms with Crippen LogP contribution < -0.4 is 10.1 Å². The SMILES string of the molecule is O=C1NC(=O)c2ccccc2C1=Cc1ccc(OCCN2CCCC2)cc1. The van der Waals surface area contributed by atoms with Crippen LogP contribution in [0.5, 0.6) is 5.75 Å². The van der Waals surface area contributed by atoms with Crippen molar-refractivity contribution in [1.29, 1.82) is 0 Å². The summed E-state index contributed by atoms with van der Waals surface area (Å²) in [6, 6.07) is 14.8. The number of likely N-dealkylation sites (tertiary alicyclic amines) is 1. The van der Waals surface area contributed by atoms with Gasteiger partial charge in [-0.15, -0.1) is 0 Å². The lowest BCUT2D eigenvalue weighted by molar-refractivity contribution is -0.114. The topological polar surface area (TPSA) is 58.6 Å². The van der Waals surface area contributed by atoms with Crippen LogP contribution in [0.3, 0.4) is 0 Å². The van der Waals surface area contributed by atoms with Gasteiger partial charge in [-0.2, -0.15) is 0 Å². The second-order valence-corrected chi connectivity index (χ2v) is 6.85. The number of benzene rings is 2. The number of rotatable bonds is 5. The number of imide groups is 1. The van der Waals surface area contributed by atoms with Crippen molar-refractivity contribution in [3.05, 3.63) is 65.2 Å². The lowest BCUT2D eigenvalue weighted by Gasteiger charge is -2.18. The number of amides is 2. The Kier molecular flexibility index (Phi) is 5.03. The first-order valence-electron chi connectivity index (χ1n) is 9.33. The van der Waals surface area contributed by atoms with Gasteiger partial charge in [-0.25, -0.2) is 0 Å². The molecule has 138 valence electrons. The highest BCUT2D eigenvalue weighted by Crippen LogP contribution is 2.26. The first-order valence-corrected chi connectivity index (χ1v) is 9.33. The van der Waals surface area contributed by atoms with Crippen LogP contribution in [-0.2, 0) is 4.79 Å². The summed E-state index contributed by atoms with van der Waals surface area (Å²) < 4.78 is 5.82. The van der Waals surface area contributed by atoms with Gasteiger partial charge in [0, 0.05) is 17.7 Å². The van der Waals surface area contributed by atoms with Crippen LogP contribution in [0.2, 0.25) is 0 Å². The molecule has 1 fully saturated rings. The van der Waals surface area contributed by atoms with E-state index in [-0.39, 0.29) is 11.8 Å². The average Bonchev–Trinajstić information content (AvgIpc) is 3.20. The summed E-state index contributed by atoms with van der Waals surface area (Å²) in [7, 11) is 0. The highest BCUT2D eigenvalue weighted by molar-refractivity contribution is 6.33. The largest absolute Gasteiger partial charge is 0.492 e. The van der Waals surface area contributed by atoms with Gasteiger partial charge >= 0.3 is 0 Å². The normalized spacial score (nSPS) is 18.4. The molecule has 2 aliphatic rings. The molecule has 0 atom stereocenters. The Bertz CT molecular complexity index is 881. The lowest BCUT2D eigenvalue weighted by atomic mass is 9.93. The van der Waals surface area contributed by atoms with E-state index in [0.29, 0.717) is 23.3 Å². The minimum absolute atomic E-state index is 0.352. The molecule has 0 aliphatic carbocycles. The van der Waals surface area contributed by atoms with Crippen LogP contribution in [0.25, 0.3) is 11.6 Å². The molecule has 5 heteroatoms. The van der Waals surface area contributed by atoms with Crippen LogP contribution in [0.1, 0.15) is 34.3 Å². The second kappa shape index (κ2) is 7.76. The van der Waals surface area contributed by atoms with Crippen LogP contribution >= 0.6 is 0 Å². The fourth-order valence-corrected chi connectivity index (χ4v) is 3.55. The fraction of sp³-hybridized carbons (Fsp3) is 0.273. The van der Waals surface area contributed by atoms with Crippen molar-refractivity contribution < 1.29 is 14.3 Å². The smallest absolute Gasteiger partial charge is 0.258 e. The Labute approximate surface area is 158 Å². The minimum atomic E-state index is -0.371. The van der Waals surface area contributed by atoms with Gasteiger partial charge < -0.3 is 4.74 Å². The molecule has 4 rings (SSSR count). The zero-order chi connectivity index (χ0) is 18.6. The number of fused-ring (bicyclic) bond motifs is 1. The Morgan fingerprint density at radius 1 is 0.926 bits per heavy atom. The third-order valence-corrected chi connectivity index (χ3v) is 5.00. The minimum Gasteiger partial charge on any atom is -0.492 e. The molecule has 2 heterocycles. The molecule has 2 aromatic rings. The summed E-state index contributed by atoms with van der Waals surface area (Å²) in [4.78, 5) is 26.6. The second-order valence-electron chi connectivity index (χ2n) is 6.85. The number of hydrogen-bond acceptors (Lipinski definition) is 4. The molecule has 27 heavy (non-hydrogen) atoms. The molecule has 2 aromatic carbocycles. The van der Waals surface area contributed by atoms with Crippen LogP contribution in [0, 0.1) is 0 Å². The van der Waals surface area contributed by atoms with Crippen LogP contribution in [-0.4, -0.2) is 43.0 Å². The summed E-state index contributed by atoms with van der Waals surface area (Å²) in [6.07, 6.45) is 4.37. The third-order valence-electron chi connectivity index (χ3n) is 5.00. The molecule has 0 spiro atoms. The summed E-state index contributed by atoms with van der Waals surface area (Å²) in [5, 5.41) is 2.40. The molecule has 0 radical (unpaired) electrons. The molecule has 0 aromatic heterocycles. The summed E-state index contributed by atoms with van der Waals surface area (Å²) in [5.41, 5.74) is 2.56. The number of hydrogen-bond donors (Lipinski definition) is 1. The van der Waals surface area contributed by atoms with E-state index in [1.807, 2.05) is 30.3 Å². The van der Waals surface area contributed by atoms with E-state index in [2.05, 4.69) is 10.2 Å². The van der Waals surface area contributed by atoms with Crippen molar-refractivity contribution in [1.82, 2.24) is 10.2 Å². The molecular formula is C22H22N2O3. The first-order chi connectivity index (χ1) is 13.2. The number of nitrogens with one attached hydrogen (secondary N) is 1. The van der Waals surface area contributed by atoms with Crippen LogP contribution in [0.4, 0.5) is 0 Å². The Morgan fingerprint density at radius 3 is 2.37 bits per heavy atom. The summed E-state index contributed by atoms with van der Waals surface area (Å²) in [6.45, 7) is 3.97. The molecule has 1 N–H and O–H groups in total. The Morgan fingerprint density at radius 2 is 1.63 bits per heavy atom. The molecule has 0 bridgehead atoms. The molecule has 2 aliphatic heterocycles. The van der Waals surface area contributed by atoms with E-state index in [9.17, 15) is 9.59 Å². The average molecular weight is 362 g/mol. The van der Waals surface area contributed by atoms with Crippen molar-refractivity contribution in [3.63, 3.8) is 0 Å². The van der Waals surface area contributed by atoms with E-state index in [1.54, 1.807) is 24.3 Å². The predicted octanol–water partition coefficient (Wildman–Crippen LogP) is 2.97. The van der Waals surface area contributed by atoms with Gasteiger partial charge in [0.2, 0.25) is 0 Å². The third kappa shape index (κ3) is 3.93. The maximum atomic E-state index is 12.3. The molecule has 0 saturated carbocycles. The van der Waals surface area contributed by atoms with Crippen molar-refractivity contribution in [3.8, 4) is 5.75 Å². The first kappa shape index (κ1) is 17.5. The fourth-order valence-electron chi connectivity index (χ4n) is 3.55.